The van der Waals surface area contributed by atoms with Gasteiger partial charge in [0.05, 0.1) is 11.4 Å². The van der Waals surface area contributed by atoms with Crippen LogP contribution in [0.2, 0.25) is 0 Å². The summed E-state index contributed by atoms with van der Waals surface area (Å²) in [6.45, 7) is 17.6. The third kappa shape index (κ3) is 3.59. The smallest absolute Gasteiger partial charge is 0.243 e. The molecule has 37 heavy (non-hydrogen) atoms. The summed E-state index contributed by atoms with van der Waals surface area (Å²) in [5.41, 5.74) is 6.05. The minimum atomic E-state index is -0.0649. The Balaban J connectivity index is 1.61. The summed E-state index contributed by atoms with van der Waals surface area (Å²) < 4.78 is 11.1. The molecule has 5 nitrogen and oxygen atoms in total. The number of aromatic nitrogens is 4. The van der Waals surface area contributed by atoms with Crippen molar-refractivity contribution in [2.75, 3.05) is 0 Å². The average molecular weight is 491 g/mol. The van der Waals surface area contributed by atoms with E-state index in [1.165, 1.54) is 22.2 Å². The molecule has 0 aliphatic carbocycles. The highest BCUT2D eigenvalue weighted by Crippen LogP contribution is 2.37. The first kappa shape index (κ1) is 23.5. The molecule has 0 saturated carbocycles. The molecule has 0 radical (unpaired) electrons. The summed E-state index contributed by atoms with van der Waals surface area (Å²) in [7, 11) is 0. The quantitative estimate of drug-likeness (QED) is 0.245. The molecule has 0 amide bonds. The lowest BCUT2D eigenvalue weighted by Gasteiger charge is -2.22. The standard InChI is InChI=1S/C32H34N4O/c1-19-29(33-27-23-15-11-9-13-21(23)17-25(35(19)27)31(3,4)5)37-30-20(2)36-26(32(6,7)8)18-22-14-10-12-16-24(22)28(36)34-30/h9-18H,1-8H3. The lowest BCUT2D eigenvalue weighted by molar-refractivity contribution is 0.442. The van der Waals surface area contributed by atoms with Crippen LogP contribution in [0.25, 0.3) is 32.8 Å². The van der Waals surface area contributed by atoms with Crippen molar-refractivity contribution in [3.8, 4) is 11.8 Å². The van der Waals surface area contributed by atoms with Crippen LogP contribution in [-0.4, -0.2) is 18.8 Å². The van der Waals surface area contributed by atoms with Crippen LogP contribution in [0.5, 0.6) is 11.8 Å². The molecule has 0 unspecified atom stereocenters. The van der Waals surface area contributed by atoms with Crippen LogP contribution in [-0.2, 0) is 10.8 Å². The Kier molecular flexibility index (Phi) is 4.97. The van der Waals surface area contributed by atoms with E-state index in [-0.39, 0.29) is 10.8 Å². The number of aryl methyl sites for hydroxylation is 2. The molecule has 6 rings (SSSR count). The minimum absolute atomic E-state index is 0.0649. The molecule has 0 spiro atoms. The Labute approximate surface area is 217 Å². The van der Waals surface area contributed by atoms with Crippen molar-refractivity contribution in [3.05, 3.63) is 83.4 Å². The normalized spacial score (nSPS) is 12.9. The number of benzene rings is 2. The molecule has 0 aliphatic rings. The highest BCUT2D eigenvalue weighted by Gasteiger charge is 2.26. The van der Waals surface area contributed by atoms with Gasteiger partial charge in [-0.1, -0.05) is 90.1 Å². The van der Waals surface area contributed by atoms with Crippen molar-refractivity contribution < 1.29 is 4.74 Å². The number of hydrogen-bond donors (Lipinski definition) is 0. The maximum absolute atomic E-state index is 6.58. The highest BCUT2D eigenvalue weighted by atomic mass is 16.5. The zero-order valence-electron chi connectivity index (χ0n) is 23.0. The van der Waals surface area contributed by atoms with Crippen LogP contribution in [0.1, 0.15) is 64.3 Å². The van der Waals surface area contributed by atoms with Crippen LogP contribution < -0.4 is 4.74 Å². The molecule has 4 aromatic heterocycles. The molecule has 0 N–H and O–H groups in total. The summed E-state index contributed by atoms with van der Waals surface area (Å²) in [5, 5.41) is 4.59. The molecule has 0 saturated heterocycles. The number of imidazole rings is 2. The van der Waals surface area contributed by atoms with Crippen molar-refractivity contribution in [2.45, 2.75) is 66.2 Å². The zero-order chi connectivity index (χ0) is 26.3. The Hall–Kier alpha value is -3.86. The summed E-state index contributed by atoms with van der Waals surface area (Å²) in [6.07, 6.45) is 0. The van der Waals surface area contributed by atoms with Crippen LogP contribution in [0.15, 0.2) is 60.7 Å². The fourth-order valence-electron chi connectivity index (χ4n) is 5.38. The Bertz CT molecular complexity index is 1710. The second kappa shape index (κ2) is 7.82. The third-order valence-electron chi connectivity index (χ3n) is 7.33. The Morgan fingerprint density at radius 2 is 0.973 bits per heavy atom. The third-order valence-corrected chi connectivity index (χ3v) is 7.33. The van der Waals surface area contributed by atoms with Crippen LogP contribution in [0.3, 0.4) is 0 Å². The molecule has 0 atom stereocenters. The first-order valence-corrected chi connectivity index (χ1v) is 13.0. The van der Waals surface area contributed by atoms with E-state index in [1.807, 2.05) is 0 Å². The van der Waals surface area contributed by atoms with Gasteiger partial charge < -0.3 is 4.74 Å². The van der Waals surface area contributed by atoms with Gasteiger partial charge in [-0.2, -0.15) is 9.97 Å². The molecule has 6 aromatic rings. The van der Waals surface area contributed by atoms with Crippen LogP contribution in [0.4, 0.5) is 0 Å². The fraction of sp³-hybridized carbons (Fsp3) is 0.312. The molecule has 0 bridgehead atoms. The maximum Gasteiger partial charge on any atom is 0.243 e. The number of ether oxygens (including phenoxy) is 1. The van der Waals surface area contributed by atoms with Gasteiger partial charge in [-0.25, -0.2) is 0 Å². The molecule has 2 aromatic carbocycles. The first-order chi connectivity index (χ1) is 17.4. The summed E-state index contributed by atoms with van der Waals surface area (Å²) >= 11 is 0. The van der Waals surface area contributed by atoms with Gasteiger partial charge in [-0.05, 0) is 36.8 Å². The van der Waals surface area contributed by atoms with Gasteiger partial charge in [0, 0.05) is 33.0 Å². The predicted molar refractivity (Wildman–Crippen MR) is 152 cm³/mol. The molecular weight excluding hydrogens is 456 g/mol. The molecule has 0 aliphatic heterocycles. The van der Waals surface area contributed by atoms with E-state index in [9.17, 15) is 0 Å². The molecule has 188 valence electrons. The van der Waals surface area contributed by atoms with Gasteiger partial charge in [-0.3, -0.25) is 8.80 Å². The van der Waals surface area contributed by atoms with E-state index in [0.717, 1.165) is 33.5 Å². The van der Waals surface area contributed by atoms with Crippen molar-refractivity contribution >= 4 is 32.8 Å². The zero-order valence-corrected chi connectivity index (χ0v) is 23.0. The van der Waals surface area contributed by atoms with Gasteiger partial charge in [0.25, 0.3) is 0 Å². The van der Waals surface area contributed by atoms with Crippen molar-refractivity contribution in [2.24, 2.45) is 0 Å². The maximum atomic E-state index is 6.58. The lowest BCUT2D eigenvalue weighted by atomic mass is 9.90. The van der Waals surface area contributed by atoms with Gasteiger partial charge in [0.1, 0.15) is 11.3 Å². The van der Waals surface area contributed by atoms with Crippen LogP contribution in [0, 0.1) is 13.8 Å². The van der Waals surface area contributed by atoms with Crippen LogP contribution >= 0.6 is 0 Å². The summed E-state index contributed by atoms with van der Waals surface area (Å²) in [6, 6.07) is 21.4. The van der Waals surface area contributed by atoms with Gasteiger partial charge in [-0.15, -0.1) is 0 Å². The number of hydrogen-bond acceptors (Lipinski definition) is 3. The van der Waals surface area contributed by atoms with Gasteiger partial charge in [0.2, 0.25) is 11.8 Å². The SMILES string of the molecule is Cc1c(Oc2nc3c4ccccc4cc(C(C)(C)C)n3c2C)nc2c3ccccc3cc(C(C)(C)C)n12. The van der Waals surface area contributed by atoms with Gasteiger partial charge in [0.15, 0.2) is 0 Å². The molecule has 0 fully saturated rings. The topological polar surface area (TPSA) is 43.8 Å². The van der Waals surface area contributed by atoms with Crippen molar-refractivity contribution in [1.29, 1.82) is 0 Å². The summed E-state index contributed by atoms with van der Waals surface area (Å²) in [5.74, 6) is 1.19. The second-order valence-electron chi connectivity index (χ2n) is 12.2. The Morgan fingerprint density at radius 3 is 1.35 bits per heavy atom. The number of nitrogens with zero attached hydrogens (tertiary/aromatic N) is 4. The summed E-state index contributed by atoms with van der Waals surface area (Å²) in [4.78, 5) is 10.1. The highest BCUT2D eigenvalue weighted by molar-refractivity contribution is 5.96. The second-order valence-corrected chi connectivity index (χ2v) is 12.2. The number of rotatable bonds is 2. The van der Waals surface area contributed by atoms with E-state index >= 15 is 0 Å². The number of pyridine rings is 2. The molecule has 4 heterocycles. The Morgan fingerprint density at radius 1 is 0.595 bits per heavy atom. The van der Waals surface area contributed by atoms with E-state index in [1.54, 1.807) is 0 Å². The van der Waals surface area contributed by atoms with Crippen molar-refractivity contribution in [1.82, 2.24) is 18.8 Å². The van der Waals surface area contributed by atoms with Gasteiger partial charge >= 0.3 is 0 Å². The van der Waals surface area contributed by atoms with E-state index in [0.29, 0.717) is 11.8 Å². The van der Waals surface area contributed by atoms with E-state index in [2.05, 4.69) is 125 Å². The average Bonchev–Trinajstić information content (AvgIpc) is 3.34. The monoisotopic (exact) mass is 490 g/mol. The predicted octanol–water partition coefficient (Wildman–Crippen LogP) is 8.29. The fourth-order valence-corrected chi connectivity index (χ4v) is 5.38. The first-order valence-electron chi connectivity index (χ1n) is 13.0. The molecular formula is C32H34N4O. The number of fused-ring (bicyclic) bond motifs is 6. The molecule has 5 heteroatoms. The van der Waals surface area contributed by atoms with E-state index in [4.69, 9.17) is 14.7 Å². The lowest BCUT2D eigenvalue weighted by Crippen LogP contribution is -2.17. The van der Waals surface area contributed by atoms with Crippen molar-refractivity contribution in [3.63, 3.8) is 0 Å². The largest absolute Gasteiger partial charge is 0.417 e. The minimum Gasteiger partial charge on any atom is -0.417 e. The van der Waals surface area contributed by atoms with E-state index < -0.39 is 0 Å².